The minimum atomic E-state index is 0.794. The van der Waals surface area contributed by atoms with Crippen molar-refractivity contribution in [2.45, 2.75) is 19.8 Å². The van der Waals surface area contributed by atoms with Crippen LogP contribution in [-0.2, 0) is 11.2 Å². The van der Waals surface area contributed by atoms with Gasteiger partial charge in [-0.15, -0.1) is 0 Å². The molecule has 1 N–H and O–H groups in total. The van der Waals surface area contributed by atoms with E-state index in [0.717, 1.165) is 26.3 Å². The molecule has 0 bridgehead atoms. The molecule has 0 fully saturated rings. The summed E-state index contributed by atoms with van der Waals surface area (Å²) in [5.41, 5.74) is 4.10. The van der Waals surface area contributed by atoms with E-state index in [9.17, 15) is 0 Å². The molecular weight excluding hydrogens is 212 g/mol. The first kappa shape index (κ1) is 12.2. The van der Waals surface area contributed by atoms with Gasteiger partial charge in [-0.05, 0) is 37.5 Å². The van der Waals surface area contributed by atoms with Crippen molar-refractivity contribution in [1.29, 1.82) is 0 Å². The van der Waals surface area contributed by atoms with E-state index in [4.69, 9.17) is 4.74 Å². The molecule has 0 atom stereocenters. The third-order valence-corrected chi connectivity index (χ3v) is 3.26. The smallest absolute Gasteiger partial charge is 0.0641 e. The van der Waals surface area contributed by atoms with Crippen LogP contribution < -0.4 is 10.2 Å². The molecule has 1 aromatic carbocycles. The maximum absolute atomic E-state index is 5.41. The Bertz CT molecular complexity index is 365. The number of likely N-dealkylation sites (N-methyl/N-ethyl adjacent to an activating group) is 1. The molecule has 1 aromatic rings. The quantitative estimate of drug-likeness (QED) is 0.792. The summed E-state index contributed by atoms with van der Waals surface area (Å²) in [5.74, 6) is 0. The van der Waals surface area contributed by atoms with E-state index < -0.39 is 0 Å². The van der Waals surface area contributed by atoms with Gasteiger partial charge in [0, 0.05) is 38.1 Å². The summed E-state index contributed by atoms with van der Waals surface area (Å²) in [7, 11) is 2.14. The average molecular weight is 234 g/mol. The van der Waals surface area contributed by atoms with Crippen LogP contribution in [-0.4, -0.2) is 33.4 Å². The number of hydrogen-bond donors (Lipinski definition) is 1. The van der Waals surface area contributed by atoms with Gasteiger partial charge < -0.3 is 15.0 Å². The molecule has 0 saturated carbocycles. The van der Waals surface area contributed by atoms with Gasteiger partial charge in [0.05, 0.1) is 6.61 Å². The van der Waals surface area contributed by atoms with Crippen LogP contribution in [0.1, 0.15) is 18.9 Å². The number of rotatable bonds is 5. The first-order valence-corrected chi connectivity index (χ1v) is 6.47. The van der Waals surface area contributed by atoms with Crippen molar-refractivity contribution in [2.24, 2.45) is 0 Å². The number of ether oxygens (including phenoxy) is 1. The fourth-order valence-corrected chi connectivity index (χ4v) is 2.32. The lowest BCUT2D eigenvalue weighted by molar-refractivity contribution is 0.154. The molecule has 0 aliphatic carbocycles. The molecule has 3 nitrogen and oxygen atoms in total. The third kappa shape index (κ3) is 2.91. The standard InChI is InChI=1S/C14H22N2O/c1-3-17-11-10-16(2)14-8-4-7-13-12(14)6-5-9-15-13/h4,7-8,15H,3,5-6,9-11H2,1-2H3. The van der Waals surface area contributed by atoms with Crippen LogP contribution in [0.3, 0.4) is 0 Å². The van der Waals surface area contributed by atoms with Gasteiger partial charge in [0.25, 0.3) is 0 Å². The van der Waals surface area contributed by atoms with Gasteiger partial charge in [0.1, 0.15) is 0 Å². The zero-order chi connectivity index (χ0) is 12.1. The number of benzene rings is 1. The van der Waals surface area contributed by atoms with Crippen LogP contribution in [0.25, 0.3) is 0 Å². The largest absolute Gasteiger partial charge is 0.385 e. The van der Waals surface area contributed by atoms with E-state index in [0.29, 0.717) is 0 Å². The summed E-state index contributed by atoms with van der Waals surface area (Å²) >= 11 is 0. The zero-order valence-electron chi connectivity index (χ0n) is 10.8. The molecule has 3 heteroatoms. The first-order chi connectivity index (χ1) is 8.33. The average Bonchev–Trinajstić information content (AvgIpc) is 2.38. The number of anilines is 2. The fourth-order valence-electron chi connectivity index (χ4n) is 2.32. The van der Waals surface area contributed by atoms with Crippen LogP contribution in [0.5, 0.6) is 0 Å². The molecule has 0 unspecified atom stereocenters. The second-order valence-corrected chi connectivity index (χ2v) is 4.45. The zero-order valence-corrected chi connectivity index (χ0v) is 10.8. The molecule has 0 spiro atoms. The molecule has 1 aliphatic rings. The number of hydrogen-bond acceptors (Lipinski definition) is 3. The van der Waals surface area contributed by atoms with Gasteiger partial charge in [-0.25, -0.2) is 0 Å². The van der Waals surface area contributed by atoms with E-state index in [-0.39, 0.29) is 0 Å². The second kappa shape index (κ2) is 5.92. The van der Waals surface area contributed by atoms with E-state index in [1.54, 1.807) is 0 Å². The summed E-state index contributed by atoms with van der Waals surface area (Å²) < 4.78 is 5.41. The number of nitrogens with one attached hydrogen (secondary N) is 1. The molecule has 1 heterocycles. The predicted molar refractivity (Wildman–Crippen MR) is 73.0 cm³/mol. The highest BCUT2D eigenvalue weighted by Crippen LogP contribution is 2.30. The molecule has 17 heavy (non-hydrogen) atoms. The maximum atomic E-state index is 5.41. The predicted octanol–water partition coefficient (Wildman–Crippen LogP) is 2.52. The summed E-state index contributed by atoms with van der Waals surface area (Å²) in [4.78, 5) is 2.29. The van der Waals surface area contributed by atoms with Gasteiger partial charge in [0.2, 0.25) is 0 Å². The van der Waals surface area contributed by atoms with Crippen molar-refractivity contribution in [2.75, 3.05) is 43.6 Å². The van der Waals surface area contributed by atoms with E-state index in [1.807, 2.05) is 6.92 Å². The lowest BCUT2D eigenvalue weighted by Gasteiger charge is -2.27. The second-order valence-electron chi connectivity index (χ2n) is 4.45. The van der Waals surface area contributed by atoms with Gasteiger partial charge in [-0.2, -0.15) is 0 Å². The molecule has 0 radical (unpaired) electrons. The minimum Gasteiger partial charge on any atom is -0.385 e. The van der Waals surface area contributed by atoms with Crippen molar-refractivity contribution in [3.8, 4) is 0 Å². The monoisotopic (exact) mass is 234 g/mol. The van der Waals surface area contributed by atoms with E-state index in [2.05, 4.69) is 35.5 Å². The van der Waals surface area contributed by atoms with Gasteiger partial charge in [-0.1, -0.05) is 6.07 Å². The Balaban J connectivity index is 2.09. The van der Waals surface area contributed by atoms with Crippen LogP contribution in [0.2, 0.25) is 0 Å². The SMILES string of the molecule is CCOCCN(C)c1cccc2c1CCCN2. The van der Waals surface area contributed by atoms with Crippen molar-refractivity contribution in [3.05, 3.63) is 23.8 Å². The van der Waals surface area contributed by atoms with Gasteiger partial charge >= 0.3 is 0 Å². The Morgan fingerprint density at radius 1 is 1.41 bits per heavy atom. The molecule has 1 aliphatic heterocycles. The van der Waals surface area contributed by atoms with Crippen molar-refractivity contribution >= 4 is 11.4 Å². The number of nitrogens with zero attached hydrogens (tertiary/aromatic N) is 1. The fraction of sp³-hybridized carbons (Fsp3) is 0.571. The molecule has 2 rings (SSSR count). The summed E-state index contributed by atoms with van der Waals surface area (Å²) in [5, 5.41) is 3.47. The van der Waals surface area contributed by atoms with Crippen LogP contribution in [0, 0.1) is 0 Å². The molecule has 0 aromatic heterocycles. The Kier molecular flexibility index (Phi) is 4.26. The maximum Gasteiger partial charge on any atom is 0.0641 e. The molecule has 0 amide bonds. The van der Waals surface area contributed by atoms with E-state index in [1.165, 1.54) is 29.8 Å². The van der Waals surface area contributed by atoms with Gasteiger partial charge in [-0.3, -0.25) is 0 Å². The summed E-state index contributed by atoms with van der Waals surface area (Å²) in [6, 6.07) is 6.51. The van der Waals surface area contributed by atoms with Crippen LogP contribution in [0.4, 0.5) is 11.4 Å². The number of fused-ring (bicyclic) bond motifs is 1. The molecule has 94 valence electrons. The summed E-state index contributed by atoms with van der Waals surface area (Å²) in [6.07, 6.45) is 2.40. The lowest BCUT2D eigenvalue weighted by atomic mass is 10.0. The van der Waals surface area contributed by atoms with Gasteiger partial charge in [0.15, 0.2) is 0 Å². The molecular formula is C14H22N2O. The Labute approximate surface area is 104 Å². The topological polar surface area (TPSA) is 24.5 Å². The van der Waals surface area contributed by atoms with Crippen LogP contribution >= 0.6 is 0 Å². The minimum absolute atomic E-state index is 0.794. The van der Waals surface area contributed by atoms with E-state index >= 15 is 0 Å². The highest BCUT2D eigenvalue weighted by atomic mass is 16.5. The lowest BCUT2D eigenvalue weighted by Crippen LogP contribution is -2.25. The highest BCUT2D eigenvalue weighted by Gasteiger charge is 2.14. The third-order valence-electron chi connectivity index (χ3n) is 3.26. The van der Waals surface area contributed by atoms with Crippen molar-refractivity contribution in [3.63, 3.8) is 0 Å². The van der Waals surface area contributed by atoms with Crippen LogP contribution in [0.15, 0.2) is 18.2 Å². The Morgan fingerprint density at radius 3 is 3.12 bits per heavy atom. The first-order valence-electron chi connectivity index (χ1n) is 6.47. The van der Waals surface area contributed by atoms with Crippen molar-refractivity contribution < 1.29 is 4.74 Å². The Morgan fingerprint density at radius 2 is 2.29 bits per heavy atom. The van der Waals surface area contributed by atoms with Crippen molar-refractivity contribution in [1.82, 2.24) is 0 Å². The highest BCUT2D eigenvalue weighted by molar-refractivity contribution is 5.67. The normalized spacial score (nSPS) is 14.0. The summed E-state index contributed by atoms with van der Waals surface area (Å²) in [6.45, 7) is 5.67. The molecule has 0 saturated heterocycles. The Hall–Kier alpha value is -1.22.